The number of hydrogen-bond acceptors (Lipinski definition) is 5. The zero-order chi connectivity index (χ0) is 19.3. The molecule has 5 nitrogen and oxygen atoms in total. The second-order valence-corrected chi connectivity index (χ2v) is 8.62. The normalized spacial score (nSPS) is 26.5. The maximum atomic E-state index is 9.55. The molecule has 1 saturated carbocycles. The van der Waals surface area contributed by atoms with Crippen LogP contribution in [-0.2, 0) is 6.54 Å². The molecule has 156 valence electrons. The van der Waals surface area contributed by atoms with Crippen molar-refractivity contribution in [2.24, 2.45) is 0 Å². The molecule has 0 aromatic heterocycles. The van der Waals surface area contributed by atoms with Crippen LogP contribution < -0.4 is 9.47 Å². The van der Waals surface area contributed by atoms with E-state index in [0.717, 1.165) is 50.4 Å². The molecule has 1 aromatic carbocycles. The van der Waals surface area contributed by atoms with Crippen LogP contribution in [0.1, 0.15) is 57.4 Å². The third kappa shape index (κ3) is 4.64. The number of aliphatic hydroxyl groups is 1. The number of ether oxygens (including phenoxy) is 2. The van der Waals surface area contributed by atoms with Gasteiger partial charge in [0.1, 0.15) is 0 Å². The molecule has 1 unspecified atom stereocenters. The van der Waals surface area contributed by atoms with Crippen LogP contribution in [0.4, 0.5) is 0 Å². The maximum absolute atomic E-state index is 9.55. The van der Waals surface area contributed by atoms with Crippen molar-refractivity contribution < 1.29 is 14.6 Å². The first-order valence-corrected chi connectivity index (χ1v) is 11.3. The molecule has 0 spiro atoms. The SMILES string of the molecule is CCOc1cc(CN2CC3CCCN3C[C@@H]2CCO)ccc1OC1CCCC1. The number of piperazine rings is 1. The summed E-state index contributed by atoms with van der Waals surface area (Å²) in [7, 11) is 0. The van der Waals surface area contributed by atoms with Gasteiger partial charge < -0.3 is 14.6 Å². The molecule has 2 saturated heterocycles. The van der Waals surface area contributed by atoms with Gasteiger partial charge >= 0.3 is 0 Å². The number of aliphatic hydroxyl groups excluding tert-OH is 1. The number of hydrogen-bond donors (Lipinski definition) is 1. The van der Waals surface area contributed by atoms with Crippen LogP contribution in [0.15, 0.2) is 18.2 Å². The Morgan fingerprint density at radius 3 is 2.71 bits per heavy atom. The largest absolute Gasteiger partial charge is 0.490 e. The standard InChI is InChI=1S/C23H36N2O3/c1-2-27-23-14-18(9-10-22(23)28-21-7-3-4-8-21)15-25-17-19-6-5-12-24(19)16-20(25)11-13-26/h9-10,14,19-21,26H,2-8,11-13,15-17H2,1H3/t19?,20-/m0/s1. The minimum absolute atomic E-state index is 0.262. The second-order valence-electron chi connectivity index (χ2n) is 8.62. The van der Waals surface area contributed by atoms with Gasteiger partial charge in [0, 0.05) is 38.3 Å². The lowest BCUT2D eigenvalue weighted by Crippen LogP contribution is -2.55. The van der Waals surface area contributed by atoms with Crippen LogP contribution in [0.5, 0.6) is 11.5 Å². The minimum Gasteiger partial charge on any atom is -0.490 e. The van der Waals surface area contributed by atoms with E-state index in [0.29, 0.717) is 24.8 Å². The van der Waals surface area contributed by atoms with Crippen LogP contribution in [0.2, 0.25) is 0 Å². The summed E-state index contributed by atoms with van der Waals surface area (Å²) in [6.45, 7) is 7.28. The Labute approximate surface area is 169 Å². The van der Waals surface area contributed by atoms with Gasteiger partial charge in [-0.2, -0.15) is 0 Å². The molecule has 28 heavy (non-hydrogen) atoms. The monoisotopic (exact) mass is 388 g/mol. The van der Waals surface area contributed by atoms with Crippen LogP contribution in [0, 0.1) is 0 Å². The fraction of sp³-hybridized carbons (Fsp3) is 0.739. The molecule has 1 aromatic rings. The van der Waals surface area contributed by atoms with E-state index in [9.17, 15) is 5.11 Å². The third-order valence-electron chi connectivity index (χ3n) is 6.66. The number of fused-ring (bicyclic) bond motifs is 1. The van der Waals surface area contributed by atoms with Crippen LogP contribution in [0.3, 0.4) is 0 Å². The van der Waals surface area contributed by atoms with Crippen molar-refractivity contribution >= 4 is 0 Å². The van der Waals surface area contributed by atoms with E-state index >= 15 is 0 Å². The predicted molar refractivity (Wildman–Crippen MR) is 111 cm³/mol. The summed E-state index contributed by atoms with van der Waals surface area (Å²) in [6.07, 6.45) is 8.66. The maximum Gasteiger partial charge on any atom is 0.161 e. The highest BCUT2D eigenvalue weighted by Gasteiger charge is 2.35. The fourth-order valence-corrected chi connectivity index (χ4v) is 5.20. The molecule has 3 aliphatic rings. The summed E-state index contributed by atoms with van der Waals surface area (Å²) in [5, 5.41) is 9.55. The van der Waals surface area contributed by atoms with Crippen molar-refractivity contribution in [1.29, 1.82) is 0 Å². The van der Waals surface area contributed by atoms with Crippen molar-refractivity contribution in [3.8, 4) is 11.5 Å². The summed E-state index contributed by atoms with van der Waals surface area (Å²) in [6, 6.07) is 7.59. The van der Waals surface area contributed by atoms with E-state index in [4.69, 9.17) is 9.47 Å². The first-order valence-electron chi connectivity index (χ1n) is 11.3. The first kappa shape index (κ1) is 20.0. The number of benzene rings is 1. The molecular weight excluding hydrogens is 352 g/mol. The fourth-order valence-electron chi connectivity index (χ4n) is 5.20. The lowest BCUT2D eigenvalue weighted by molar-refractivity contribution is 0.0333. The zero-order valence-electron chi connectivity index (χ0n) is 17.3. The highest BCUT2D eigenvalue weighted by molar-refractivity contribution is 5.43. The van der Waals surface area contributed by atoms with Crippen molar-refractivity contribution in [2.75, 3.05) is 32.8 Å². The molecule has 2 atom stereocenters. The summed E-state index contributed by atoms with van der Waals surface area (Å²) >= 11 is 0. The quantitative estimate of drug-likeness (QED) is 0.739. The lowest BCUT2D eigenvalue weighted by Gasteiger charge is -2.43. The average molecular weight is 389 g/mol. The Morgan fingerprint density at radius 1 is 1.07 bits per heavy atom. The molecule has 0 bridgehead atoms. The summed E-state index contributed by atoms with van der Waals surface area (Å²) in [4.78, 5) is 5.20. The van der Waals surface area contributed by atoms with Crippen LogP contribution in [0.25, 0.3) is 0 Å². The summed E-state index contributed by atoms with van der Waals surface area (Å²) < 4.78 is 12.2. The van der Waals surface area contributed by atoms with E-state index in [1.54, 1.807) is 0 Å². The topological polar surface area (TPSA) is 45.2 Å². The van der Waals surface area contributed by atoms with E-state index in [2.05, 4.69) is 28.0 Å². The third-order valence-corrected chi connectivity index (χ3v) is 6.66. The zero-order valence-corrected chi connectivity index (χ0v) is 17.3. The predicted octanol–water partition coefficient (Wildman–Crippen LogP) is 3.44. The minimum atomic E-state index is 0.262. The summed E-state index contributed by atoms with van der Waals surface area (Å²) in [5.41, 5.74) is 1.27. The van der Waals surface area contributed by atoms with Crippen LogP contribution in [-0.4, -0.2) is 65.9 Å². The Hall–Kier alpha value is -1.30. The average Bonchev–Trinajstić information content (AvgIpc) is 3.36. The van der Waals surface area contributed by atoms with E-state index in [-0.39, 0.29) is 6.61 Å². The van der Waals surface area contributed by atoms with Crippen molar-refractivity contribution in [2.45, 2.75) is 76.6 Å². The van der Waals surface area contributed by atoms with Gasteiger partial charge in [0.05, 0.1) is 12.7 Å². The van der Waals surface area contributed by atoms with Gasteiger partial charge in [-0.15, -0.1) is 0 Å². The molecule has 3 fully saturated rings. The van der Waals surface area contributed by atoms with Gasteiger partial charge in [0.25, 0.3) is 0 Å². The van der Waals surface area contributed by atoms with Gasteiger partial charge in [0.15, 0.2) is 11.5 Å². The first-order chi connectivity index (χ1) is 13.8. The van der Waals surface area contributed by atoms with Crippen LogP contribution >= 0.6 is 0 Å². The van der Waals surface area contributed by atoms with Gasteiger partial charge in [-0.25, -0.2) is 0 Å². The molecule has 0 amide bonds. The highest BCUT2D eigenvalue weighted by Crippen LogP contribution is 2.34. The smallest absolute Gasteiger partial charge is 0.161 e. The van der Waals surface area contributed by atoms with Crippen molar-refractivity contribution in [3.63, 3.8) is 0 Å². The van der Waals surface area contributed by atoms with Gasteiger partial charge in [-0.05, 0) is 76.1 Å². The number of rotatable bonds is 8. The molecule has 1 aliphatic carbocycles. The molecule has 0 radical (unpaired) electrons. The van der Waals surface area contributed by atoms with Crippen molar-refractivity contribution in [3.05, 3.63) is 23.8 Å². The van der Waals surface area contributed by atoms with Gasteiger partial charge in [-0.1, -0.05) is 6.07 Å². The Bertz CT molecular complexity index is 632. The van der Waals surface area contributed by atoms with Crippen molar-refractivity contribution in [1.82, 2.24) is 9.80 Å². The van der Waals surface area contributed by atoms with E-state index < -0.39 is 0 Å². The second kappa shape index (κ2) is 9.47. The van der Waals surface area contributed by atoms with E-state index in [1.807, 2.05) is 6.92 Å². The molecule has 4 rings (SSSR count). The van der Waals surface area contributed by atoms with E-state index in [1.165, 1.54) is 37.8 Å². The Kier molecular flexibility index (Phi) is 6.76. The highest BCUT2D eigenvalue weighted by atomic mass is 16.5. The summed E-state index contributed by atoms with van der Waals surface area (Å²) in [5.74, 6) is 1.77. The van der Waals surface area contributed by atoms with Gasteiger partial charge in [0.2, 0.25) is 0 Å². The molecule has 2 aliphatic heterocycles. The molecule has 2 heterocycles. The molecule has 1 N–H and O–H groups in total. The van der Waals surface area contributed by atoms with Gasteiger partial charge in [-0.3, -0.25) is 9.80 Å². The Morgan fingerprint density at radius 2 is 1.93 bits per heavy atom. The Balaban J connectivity index is 1.46. The number of nitrogens with zero attached hydrogens (tertiary/aromatic N) is 2. The lowest BCUT2D eigenvalue weighted by atomic mass is 10.0. The molecule has 5 heteroatoms. The molecular formula is C23H36N2O3.